The number of rotatable bonds is 7. The first-order valence-corrected chi connectivity index (χ1v) is 16.6. The van der Waals surface area contributed by atoms with Gasteiger partial charge in [-0.15, -0.1) is 0 Å². The smallest absolute Gasteiger partial charge is 0.475 e. The quantitative estimate of drug-likeness (QED) is 0.164. The third-order valence-electron chi connectivity index (χ3n) is 9.01. The van der Waals surface area contributed by atoms with Crippen LogP contribution in [0.4, 0.5) is 18.9 Å². The van der Waals surface area contributed by atoms with Gasteiger partial charge in [0.15, 0.2) is 0 Å². The van der Waals surface area contributed by atoms with Gasteiger partial charge in [-0.25, -0.2) is 9.78 Å². The number of fused-ring (bicyclic) bond motifs is 1. The van der Waals surface area contributed by atoms with Crippen LogP contribution in [0, 0.1) is 0 Å². The molecule has 5 aromatic rings. The predicted molar refractivity (Wildman–Crippen MR) is 185 cm³/mol. The lowest BCUT2D eigenvalue weighted by Crippen LogP contribution is -2.35. The average molecular weight is 710 g/mol. The van der Waals surface area contributed by atoms with Gasteiger partial charge < -0.3 is 20.3 Å². The molecule has 1 aromatic heterocycles. The fourth-order valence-electron chi connectivity index (χ4n) is 6.43. The van der Waals surface area contributed by atoms with E-state index in [0.717, 1.165) is 47.2 Å². The Bertz CT molecular complexity index is 1910. The van der Waals surface area contributed by atoms with Gasteiger partial charge in [0.2, 0.25) is 5.91 Å². The third-order valence-corrected chi connectivity index (χ3v) is 9.52. The molecule has 3 N–H and O–H groups in total. The number of carbonyl (C=O) groups excluding carboxylic acids is 1. The van der Waals surface area contributed by atoms with Gasteiger partial charge in [-0.2, -0.15) is 13.2 Å². The molecule has 0 bridgehead atoms. The highest BCUT2D eigenvalue weighted by atomic mass is 35.5. The van der Waals surface area contributed by atoms with Crippen LogP contribution < -0.4 is 10.6 Å². The summed E-state index contributed by atoms with van der Waals surface area (Å²) in [5, 5.41) is 8.58. The molecule has 0 unspecified atom stereocenters. The first kappa shape index (κ1) is 34.3. The minimum Gasteiger partial charge on any atom is -0.475 e. The van der Waals surface area contributed by atoms with E-state index in [0.29, 0.717) is 17.5 Å². The maximum Gasteiger partial charge on any atom is 0.490 e. The highest BCUT2D eigenvalue weighted by Crippen LogP contribution is 2.44. The monoisotopic (exact) mass is 708 g/mol. The number of benzene rings is 4. The Morgan fingerprint density at radius 1 is 0.796 bits per heavy atom. The lowest BCUT2D eigenvalue weighted by atomic mass is 9.85. The van der Waals surface area contributed by atoms with Crippen LogP contribution in [0.3, 0.4) is 0 Å². The Balaban J connectivity index is 0.000000540. The van der Waals surface area contributed by atoms with E-state index in [2.05, 4.69) is 51.9 Å². The molecule has 1 aliphatic carbocycles. The van der Waals surface area contributed by atoms with Crippen molar-refractivity contribution >= 4 is 51.8 Å². The van der Waals surface area contributed by atoms with Crippen molar-refractivity contribution in [3.8, 4) is 0 Å². The fraction of sp³-hybridized carbons (Fsp3) is 0.270. The molecule has 1 saturated heterocycles. The van der Waals surface area contributed by atoms with Crippen molar-refractivity contribution in [2.75, 3.05) is 18.0 Å². The summed E-state index contributed by atoms with van der Waals surface area (Å²) in [7, 11) is 0. The van der Waals surface area contributed by atoms with Crippen LogP contribution in [0.2, 0.25) is 10.0 Å². The molecule has 254 valence electrons. The van der Waals surface area contributed by atoms with Gasteiger partial charge in [-0.3, -0.25) is 4.79 Å². The van der Waals surface area contributed by atoms with Gasteiger partial charge >= 0.3 is 12.1 Å². The number of nitrogens with two attached hydrogens (primary N) is 1. The van der Waals surface area contributed by atoms with Gasteiger partial charge in [0.25, 0.3) is 0 Å². The molecule has 7 nitrogen and oxygen atoms in total. The molecular weight excluding hydrogens is 676 g/mol. The number of aromatic nitrogens is 2. The zero-order valence-electron chi connectivity index (χ0n) is 26.2. The van der Waals surface area contributed by atoms with Crippen molar-refractivity contribution in [2.45, 2.75) is 49.7 Å². The number of nitrogens with zero attached hydrogens (tertiary/aromatic N) is 3. The van der Waals surface area contributed by atoms with Crippen molar-refractivity contribution in [1.29, 1.82) is 0 Å². The maximum absolute atomic E-state index is 11.5. The summed E-state index contributed by atoms with van der Waals surface area (Å²) in [6, 6.07) is 31.1. The van der Waals surface area contributed by atoms with E-state index in [1.165, 1.54) is 40.9 Å². The predicted octanol–water partition coefficient (Wildman–Crippen LogP) is 8.97. The van der Waals surface area contributed by atoms with Crippen molar-refractivity contribution in [2.24, 2.45) is 5.73 Å². The van der Waals surface area contributed by atoms with Crippen LogP contribution in [0.1, 0.15) is 76.4 Å². The number of imidazole rings is 1. The highest BCUT2D eigenvalue weighted by molar-refractivity contribution is 6.30. The Labute approximate surface area is 291 Å². The van der Waals surface area contributed by atoms with Gasteiger partial charge in [-0.05, 0) is 103 Å². The van der Waals surface area contributed by atoms with E-state index in [4.69, 9.17) is 43.8 Å². The second-order valence-electron chi connectivity index (χ2n) is 12.3. The van der Waals surface area contributed by atoms with E-state index in [9.17, 15) is 18.0 Å². The van der Waals surface area contributed by atoms with Crippen molar-refractivity contribution < 1.29 is 27.9 Å². The van der Waals surface area contributed by atoms with Crippen LogP contribution in [0.25, 0.3) is 11.0 Å². The molecule has 0 spiro atoms. The first-order valence-electron chi connectivity index (χ1n) is 15.9. The number of hydrogen-bond donors (Lipinski definition) is 2. The number of carbonyl (C=O) groups is 2. The molecule has 2 fully saturated rings. The Morgan fingerprint density at radius 3 is 1.78 bits per heavy atom. The zero-order chi connectivity index (χ0) is 34.9. The standard InChI is InChI=1S/C35H32Cl2N4O.C2HF3O2/c36-27-10-3-22(4-11-27)33(23-5-12-28(37)13-6-23)26-9-16-31-32(21-26)41(35(39-31)25-1-2-25)30-17-19-40(20-18-30)29-14-7-24(8-15-29)34(38)42;3-2(4,5)1(6)7/h3-16,21,25,30,33H,1-2,17-20H2,(H2,38,42);(H,6,7). The van der Waals surface area contributed by atoms with Gasteiger partial charge in [-0.1, -0.05) is 53.5 Å². The zero-order valence-corrected chi connectivity index (χ0v) is 27.7. The number of anilines is 1. The molecule has 0 atom stereocenters. The molecule has 12 heteroatoms. The summed E-state index contributed by atoms with van der Waals surface area (Å²) in [6.07, 6.45) is -0.603. The van der Waals surface area contributed by atoms with Gasteiger partial charge in [0, 0.05) is 52.3 Å². The molecule has 2 aliphatic rings. The minimum atomic E-state index is -5.08. The molecular formula is C37H33Cl2F3N4O3. The summed E-state index contributed by atoms with van der Waals surface area (Å²) >= 11 is 12.5. The normalized spacial score (nSPS) is 15.3. The molecule has 1 amide bonds. The van der Waals surface area contributed by atoms with Crippen LogP contribution >= 0.6 is 23.2 Å². The van der Waals surface area contributed by atoms with Crippen molar-refractivity contribution in [3.05, 3.63) is 129 Å². The number of alkyl halides is 3. The molecule has 4 aromatic carbocycles. The average Bonchev–Trinajstić information content (AvgIpc) is 3.86. The molecule has 49 heavy (non-hydrogen) atoms. The summed E-state index contributed by atoms with van der Waals surface area (Å²) in [5.74, 6) is -1.33. The molecule has 7 rings (SSSR count). The van der Waals surface area contributed by atoms with E-state index < -0.39 is 18.1 Å². The number of aliphatic carboxylic acids is 1. The van der Waals surface area contributed by atoms with Gasteiger partial charge in [0.1, 0.15) is 5.82 Å². The second kappa shape index (κ2) is 14.1. The molecule has 1 saturated carbocycles. The van der Waals surface area contributed by atoms with Gasteiger partial charge in [0.05, 0.1) is 11.0 Å². The Hall–Kier alpha value is -4.54. The fourth-order valence-corrected chi connectivity index (χ4v) is 6.68. The summed E-state index contributed by atoms with van der Waals surface area (Å²) < 4.78 is 34.3. The number of piperidine rings is 1. The van der Waals surface area contributed by atoms with E-state index >= 15 is 0 Å². The van der Waals surface area contributed by atoms with Crippen LogP contribution in [0.15, 0.2) is 91.0 Å². The lowest BCUT2D eigenvalue weighted by Gasteiger charge is -2.35. The SMILES string of the molecule is NC(=O)c1ccc(N2CCC(n3c(C4CC4)nc4ccc(C(c5ccc(Cl)cc5)c5ccc(Cl)cc5)cc43)CC2)cc1.O=C(O)C(F)(F)F. The van der Waals surface area contributed by atoms with Crippen LogP contribution in [-0.2, 0) is 4.79 Å². The minimum absolute atomic E-state index is 0.0434. The van der Waals surface area contributed by atoms with Crippen LogP contribution in [0.5, 0.6) is 0 Å². The first-order chi connectivity index (χ1) is 23.4. The van der Waals surface area contributed by atoms with Crippen molar-refractivity contribution in [3.63, 3.8) is 0 Å². The number of primary amides is 1. The number of amides is 1. The Morgan fingerprint density at radius 2 is 1.31 bits per heavy atom. The van der Waals surface area contributed by atoms with E-state index in [1.54, 1.807) is 0 Å². The number of halogens is 5. The van der Waals surface area contributed by atoms with E-state index in [-0.39, 0.29) is 5.92 Å². The summed E-state index contributed by atoms with van der Waals surface area (Å²) in [4.78, 5) is 28.0. The van der Waals surface area contributed by atoms with Crippen molar-refractivity contribution in [1.82, 2.24) is 9.55 Å². The topological polar surface area (TPSA) is 101 Å². The second-order valence-corrected chi connectivity index (χ2v) is 13.2. The molecule has 0 radical (unpaired) electrons. The van der Waals surface area contributed by atoms with Crippen LogP contribution in [-0.4, -0.2) is 45.8 Å². The molecule has 1 aliphatic heterocycles. The lowest BCUT2D eigenvalue weighted by molar-refractivity contribution is -0.192. The van der Waals surface area contributed by atoms with E-state index in [1.807, 2.05) is 48.5 Å². The maximum atomic E-state index is 11.5. The Kier molecular flexibility index (Phi) is 9.90. The molecule has 2 heterocycles. The summed E-state index contributed by atoms with van der Waals surface area (Å²) in [6.45, 7) is 1.89. The highest BCUT2D eigenvalue weighted by Gasteiger charge is 2.38. The third kappa shape index (κ3) is 7.86. The largest absolute Gasteiger partial charge is 0.490 e. The number of hydrogen-bond acceptors (Lipinski definition) is 4. The summed E-state index contributed by atoms with van der Waals surface area (Å²) in [5.41, 5.74) is 13.0. The number of carboxylic acids is 1. The number of carboxylic acid groups (broad SMARTS) is 1.